The smallest absolute Gasteiger partial charge is 0.395 e. The van der Waals surface area contributed by atoms with Crippen LogP contribution in [0.5, 0.6) is 0 Å². The Hall–Kier alpha value is -2.38. The molecule has 0 saturated heterocycles. The van der Waals surface area contributed by atoms with Gasteiger partial charge in [0.1, 0.15) is 5.82 Å². The topological polar surface area (TPSA) is 80.4 Å². The second kappa shape index (κ2) is 13.8. The molecule has 5 nitrogen and oxygen atoms in total. The van der Waals surface area contributed by atoms with Crippen molar-refractivity contribution in [2.24, 2.45) is 16.6 Å². The molecule has 36 heavy (non-hydrogen) atoms. The molecule has 1 amide bonds. The van der Waals surface area contributed by atoms with Crippen molar-refractivity contribution in [3.05, 3.63) is 29.0 Å². The number of amides is 1. The summed E-state index contributed by atoms with van der Waals surface area (Å²) in [4.78, 5) is 21.8. The summed E-state index contributed by atoms with van der Waals surface area (Å²) in [6.45, 7) is 8.98. The molecule has 1 aromatic heterocycles. The number of nitrogens with zero attached hydrogens (tertiary/aromatic N) is 2. The van der Waals surface area contributed by atoms with Gasteiger partial charge in [0.2, 0.25) is 5.91 Å². The van der Waals surface area contributed by atoms with Gasteiger partial charge >= 0.3 is 6.18 Å². The van der Waals surface area contributed by atoms with Gasteiger partial charge in [0.15, 0.2) is 0 Å². The van der Waals surface area contributed by atoms with Crippen LogP contribution in [0.4, 0.5) is 19.0 Å². The van der Waals surface area contributed by atoms with Crippen molar-refractivity contribution >= 4 is 23.1 Å². The first kappa shape index (κ1) is 29.8. The van der Waals surface area contributed by atoms with E-state index in [0.717, 1.165) is 69.6 Å². The Balaban J connectivity index is 2.65. The number of unbranched alkanes of at least 4 members (excludes halogenated alkanes) is 1. The lowest BCUT2D eigenvalue weighted by molar-refractivity contribution is -0.146. The van der Waals surface area contributed by atoms with Crippen LogP contribution in [0.1, 0.15) is 116 Å². The van der Waals surface area contributed by atoms with Crippen molar-refractivity contribution in [1.82, 2.24) is 4.98 Å². The maximum absolute atomic E-state index is 14.0. The highest BCUT2D eigenvalue weighted by Gasteiger charge is 2.41. The average Bonchev–Trinajstić information content (AvgIpc) is 2.85. The van der Waals surface area contributed by atoms with Crippen LogP contribution in [-0.2, 0) is 4.79 Å². The van der Waals surface area contributed by atoms with Crippen molar-refractivity contribution in [2.75, 3.05) is 5.32 Å². The van der Waals surface area contributed by atoms with Gasteiger partial charge in [0.05, 0.1) is 12.0 Å². The molecule has 0 radical (unpaired) electrons. The van der Waals surface area contributed by atoms with Crippen molar-refractivity contribution in [3.8, 4) is 0 Å². The van der Waals surface area contributed by atoms with Crippen LogP contribution in [0.15, 0.2) is 22.8 Å². The Morgan fingerprint density at radius 3 is 2.44 bits per heavy atom. The van der Waals surface area contributed by atoms with Crippen molar-refractivity contribution in [2.45, 2.75) is 117 Å². The van der Waals surface area contributed by atoms with Gasteiger partial charge in [-0.15, -0.1) is 0 Å². The highest BCUT2D eigenvalue weighted by Crippen LogP contribution is 2.41. The van der Waals surface area contributed by atoms with Gasteiger partial charge in [-0.3, -0.25) is 9.79 Å². The van der Waals surface area contributed by atoms with Gasteiger partial charge in [-0.1, -0.05) is 47.0 Å². The van der Waals surface area contributed by atoms with Gasteiger partial charge in [-0.25, -0.2) is 4.98 Å². The largest absolute Gasteiger partial charge is 0.398 e. The fourth-order valence-electron chi connectivity index (χ4n) is 4.59. The first-order valence-corrected chi connectivity index (χ1v) is 13.5. The molecule has 1 fully saturated rings. The summed E-state index contributed by atoms with van der Waals surface area (Å²) >= 11 is 0. The minimum Gasteiger partial charge on any atom is -0.398 e. The predicted molar refractivity (Wildman–Crippen MR) is 142 cm³/mol. The third kappa shape index (κ3) is 7.81. The Kier molecular flexibility index (Phi) is 11.4. The molecule has 1 aliphatic carbocycles. The van der Waals surface area contributed by atoms with E-state index in [9.17, 15) is 18.0 Å². The van der Waals surface area contributed by atoms with Crippen LogP contribution < -0.4 is 11.1 Å². The second-order valence-corrected chi connectivity index (χ2v) is 9.94. The number of anilines is 1. The summed E-state index contributed by atoms with van der Waals surface area (Å²) in [6, 6.07) is 1.73. The molecule has 0 aliphatic heterocycles. The number of carbonyl (C=O) groups excluding carboxylic acids is 1. The van der Waals surface area contributed by atoms with E-state index in [-0.39, 0.29) is 34.8 Å². The third-order valence-corrected chi connectivity index (χ3v) is 7.12. The molecule has 1 aromatic rings. The number of carbonyl (C=O) groups is 1. The van der Waals surface area contributed by atoms with Crippen LogP contribution in [0, 0.1) is 5.92 Å². The quantitative estimate of drug-likeness (QED) is 0.320. The molecular formula is C28H43F3N4O. The van der Waals surface area contributed by atoms with Gasteiger partial charge < -0.3 is 11.1 Å². The van der Waals surface area contributed by atoms with Crippen molar-refractivity contribution in [1.29, 1.82) is 0 Å². The number of rotatable bonds is 11. The summed E-state index contributed by atoms with van der Waals surface area (Å²) < 4.78 is 42.0. The molecule has 1 aliphatic rings. The monoisotopic (exact) mass is 508 g/mol. The summed E-state index contributed by atoms with van der Waals surface area (Å²) in [6.07, 6.45) is 6.00. The molecule has 2 rings (SSSR count). The van der Waals surface area contributed by atoms with Crippen molar-refractivity contribution in [3.63, 3.8) is 0 Å². The summed E-state index contributed by atoms with van der Waals surface area (Å²) in [5, 5.41) is 2.64. The lowest BCUT2D eigenvalue weighted by Gasteiger charge is -2.26. The van der Waals surface area contributed by atoms with Crippen molar-refractivity contribution < 1.29 is 18.0 Å². The van der Waals surface area contributed by atoms with E-state index in [1.165, 1.54) is 12.3 Å². The highest BCUT2D eigenvalue weighted by atomic mass is 19.4. The second-order valence-electron chi connectivity index (χ2n) is 9.94. The van der Waals surface area contributed by atoms with E-state index in [1.807, 2.05) is 6.92 Å². The first-order valence-electron chi connectivity index (χ1n) is 13.5. The van der Waals surface area contributed by atoms with E-state index in [0.29, 0.717) is 18.5 Å². The zero-order chi connectivity index (χ0) is 26.9. The number of nitrogens with two attached hydrogens (primary N) is 1. The van der Waals surface area contributed by atoms with E-state index >= 15 is 0 Å². The zero-order valence-corrected chi connectivity index (χ0v) is 22.5. The number of halogens is 3. The standard InChI is InChI=1S/C28H43F3N4O/c1-6-9-13-20(12-7-2)34-23-15-11-10-14-21(23)25(32)22-16-17-33-26(35-27(36)18(4)8-3)24(22)19(5)28(29,30)31/h16-20H,6-15,32H2,1-5H3,(H,33,35,36)/b25-21-,34-23?. The summed E-state index contributed by atoms with van der Waals surface area (Å²) in [7, 11) is 0. The molecule has 0 aromatic carbocycles. The molecule has 3 atom stereocenters. The number of aliphatic imine (C=N–C) groups is 1. The number of pyridine rings is 1. The van der Waals surface area contributed by atoms with Gasteiger partial charge in [-0.2, -0.15) is 13.2 Å². The Morgan fingerprint density at radius 1 is 1.14 bits per heavy atom. The SMILES string of the molecule is CCCCC(CCC)N=C1CCCC/C1=C(/N)c1ccnc(NC(=O)C(C)CC)c1C(C)C(F)(F)F. The first-order chi connectivity index (χ1) is 17.0. The third-order valence-electron chi connectivity index (χ3n) is 7.12. The molecule has 1 saturated carbocycles. The molecule has 0 spiro atoms. The molecule has 8 heteroatoms. The Bertz CT molecular complexity index is 939. The van der Waals surface area contributed by atoms with E-state index in [4.69, 9.17) is 10.7 Å². The Labute approximate surface area is 214 Å². The number of allylic oxidation sites excluding steroid dienone is 1. The van der Waals surface area contributed by atoms with Gasteiger partial charge in [-0.05, 0) is 63.5 Å². The number of hydrogen-bond donors (Lipinski definition) is 2. The number of hydrogen-bond acceptors (Lipinski definition) is 4. The molecule has 1 heterocycles. The van der Waals surface area contributed by atoms with Crippen LogP contribution in [0.2, 0.25) is 0 Å². The number of nitrogens with one attached hydrogen (secondary N) is 1. The maximum atomic E-state index is 14.0. The summed E-state index contributed by atoms with van der Waals surface area (Å²) in [5.74, 6) is -2.64. The lowest BCUT2D eigenvalue weighted by Crippen LogP contribution is -2.26. The van der Waals surface area contributed by atoms with Crippen LogP contribution in [-0.4, -0.2) is 28.8 Å². The molecule has 3 unspecified atom stereocenters. The average molecular weight is 509 g/mol. The van der Waals surface area contributed by atoms with Crippen LogP contribution in [0.25, 0.3) is 5.70 Å². The van der Waals surface area contributed by atoms with Gasteiger partial charge in [0.25, 0.3) is 0 Å². The van der Waals surface area contributed by atoms with E-state index < -0.39 is 12.1 Å². The lowest BCUT2D eigenvalue weighted by atomic mass is 9.86. The van der Waals surface area contributed by atoms with Gasteiger partial charge in [0, 0.05) is 34.7 Å². The molecule has 0 bridgehead atoms. The predicted octanol–water partition coefficient (Wildman–Crippen LogP) is 7.78. The number of aromatic nitrogens is 1. The molecular weight excluding hydrogens is 465 g/mol. The fourth-order valence-corrected chi connectivity index (χ4v) is 4.59. The van der Waals surface area contributed by atoms with Crippen LogP contribution >= 0.6 is 0 Å². The summed E-state index contributed by atoms with van der Waals surface area (Å²) in [5.41, 5.74) is 8.92. The normalized spacial score (nSPS) is 19.6. The molecule has 202 valence electrons. The highest BCUT2D eigenvalue weighted by molar-refractivity contribution is 6.07. The van der Waals surface area contributed by atoms with Crippen LogP contribution in [0.3, 0.4) is 0 Å². The van der Waals surface area contributed by atoms with E-state index in [2.05, 4.69) is 24.1 Å². The van der Waals surface area contributed by atoms with E-state index in [1.54, 1.807) is 6.92 Å². The maximum Gasteiger partial charge on any atom is 0.395 e. The number of alkyl halides is 3. The minimum atomic E-state index is -4.52. The molecule has 3 N–H and O–H groups in total. The minimum absolute atomic E-state index is 0.0766. The Morgan fingerprint density at radius 2 is 1.83 bits per heavy atom. The zero-order valence-electron chi connectivity index (χ0n) is 22.5. The fraction of sp³-hybridized carbons (Fsp3) is 0.679.